The summed E-state index contributed by atoms with van der Waals surface area (Å²) in [6.07, 6.45) is 2.03. The van der Waals surface area contributed by atoms with Gasteiger partial charge in [-0.25, -0.2) is 0 Å². The van der Waals surface area contributed by atoms with Crippen molar-refractivity contribution in [2.45, 2.75) is 44.9 Å². The Balaban J connectivity index is 2.19. The Morgan fingerprint density at radius 1 is 1.21 bits per heavy atom. The summed E-state index contributed by atoms with van der Waals surface area (Å²) in [7, 11) is -4.65. The lowest BCUT2D eigenvalue weighted by Gasteiger charge is -2.25. The number of para-hydroxylation sites is 1. The van der Waals surface area contributed by atoms with Crippen LogP contribution in [0.4, 0.5) is 0 Å². The lowest BCUT2D eigenvalue weighted by Crippen LogP contribution is -2.50. The Morgan fingerprint density at radius 3 is 2.52 bits per heavy atom. The highest BCUT2D eigenvalue weighted by molar-refractivity contribution is 7.52. The number of amides is 2. The van der Waals surface area contributed by atoms with Crippen LogP contribution in [0.25, 0.3) is 10.9 Å². The standard InChI is InChI=1S/C19H29N4O5P/c1-12(2)9-16(22-17(24)7-8-20)19(25)23-18(29(26,27)28)10-13-11-21-15-6-4-3-5-14(13)15/h3-6,11-12,16,18,21H,7-10,20H2,1-2H3,(H,22,24)(H,23,25)(H2,26,27,28)/t16-,18+/m0/s1. The second kappa shape index (κ2) is 10.0. The number of nitrogens with two attached hydrogens (primary N) is 1. The second-order valence-corrected chi connectivity index (χ2v) is 9.27. The lowest BCUT2D eigenvalue weighted by atomic mass is 10.0. The van der Waals surface area contributed by atoms with Crippen LogP contribution in [0.5, 0.6) is 0 Å². The minimum atomic E-state index is -4.65. The maximum atomic E-state index is 12.8. The van der Waals surface area contributed by atoms with E-state index in [4.69, 9.17) is 5.73 Å². The molecule has 2 aromatic rings. The molecule has 2 amide bonds. The molecule has 29 heavy (non-hydrogen) atoms. The predicted octanol–water partition coefficient (Wildman–Crippen LogP) is 1.21. The van der Waals surface area contributed by atoms with Crippen molar-refractivity contribution in [3.63, 3.8) is 0 Å². The third-order valence-electron chi connectivity index (χ3n) is 4.53. The number of H-pyrrole nitrogens is 1. The van der Waals surface area contributed by atoms with E-state index in [1.807, 2.05) is 38.1 Å². The minimum absolute atomic E-state index is 0.0504. The van der Waals surface area contributed by atoms with Crippen LogP contribution >= 0.6 is 7.60 Å². The molecule has 0 bridgehead atoms. The van der Waals surface area contributed by atoms with E-state index < -0.39 is 25.3 Å². The monoisotopic (exact) mass is 424 g/mol. The molecular formula is C19H29N4O5P. The van der Waals surface area contributed by atoms with Gasteiger partial charge in [0, 0.05) is 36.5 Å². The topological polar surface area (TPSA) is 158 Å². The van der Waals surface area contributed by atoms with Gasteiger partial charge in [0.2, 0.25) is 11.8 Å². The summed E-state index contributed by atoms with van der Waals surface area (Å²) in [5.74, 6) is -2.32. The minimum Gasteiger partial charge on any atom is -0.361 e. The highest BCUT2D eigenvalue weighted by atomic mass is 31.2. The average Bonchev–Trinajstić information content (AvgIpc) is 3.02. The molecule has 0 aliphatic heterocycles. The average molecular weight is 424 g/mol. The summed E-state index contributed by atoms with van der Waals surface area (Å²) in [4.78, 5) is 47.3. The second-order valence-electron chi connectivity index (χ2n) is 7.47. The number of carbonyl (C=O) groups excluding carboxylic acids is 2. The lowest BCUT2D eigenvalue weighted by molar-refractivity contribution is -0.129. The predicted molar refractivity (Wildman–Crippen MR) is 111 cm³/mol. The summed E-state index contributed by atoms with van der Waals surface area (Å²) >= 11 is 0. The molecule has 0 saturated heterocycles. The van der Waals surface area contributed by atoms with Crippen LogP contribution in [0, 0.1) is 5.92 Å². The molecule has 0 fully saturated rings. The first kappa shape index (κ1) is 23.1. The fourth-order valence-electron chi connectivity index (χ4n) is 3.13. The molecule has 0 saturated carbocycles. The van der Waals surface area contributed by atoms with E-state index >= 15 is 0 Å². The van der Waals surface area contributed by atoms with Gasteiger partial charge >= 0.3 is 7.60 Å². The van der Waals surface area contributed by atoms with Gasteiger partial charge in [-0.05, 0) is 24.0 Å². The molecule has 1 aromatic heterocycles. The van der Waals surface area contributed by atoms with E-state index in [-0.39, 0.29) is 31.2 Å². The molecule has 0 unspecified atom stereocenters. The maximum Gasteiger partial charge on any atom is 0.347 e. The first-order valence-corrected chi connectivity index (χ1v) is 11.2. The van der Waals surface area contributed by atoms with Crippen molar-refractivity contribution in [2.24, 2.45) is 11.7 Å². The number of fused-ring (bicyclic) bond motifs is 1. The summed E-state index contributed by atoms with van der Waals surface area (Å²) in [5, 5.41) is 5.88. The molecule has 2 rings (SSSR count). The first-order chi connectivity index (χ1) is 13.6. The van der Waals surface area contributed by atoms with Crippen molar-refractivity contribution in [2.75, 3.05) is 6.54 Å². The fraction of sp³-hybridized carbons (Fsp3) is 0.474. The van der Waals surface area contributed by atoms with Gasteiger partial charge in [-0.15, -0.1) is 0 Å². The zero-order chi connectivity index (χ0) is 21.6. The molecule has 0 radical (unpaired) electrons. The van der Waals surface area contributed by atoms with Crippen LogP contribution < -0.4 is 16.4 Å². The van der Waals surface area contributed by atoms with Crippen molar-refractivity contribution in [1.82, 2.24) is 15.6 Å². The zero-order valence-corrected chi connectivity index (χ0v) is 17.5. The molecule has 160 valence electrons. The van der Waals surface area contributed by atoms with E-state index in [1.54, 1.807) is 6.20 Å². The van der Waals surface area contributed by atoms with Crippen molar-refractivity contribution in [1.29, 1.82) is 0 Å². The zero-order valence-electron chi connectivity index (χ0n) is 16.6. The van der Waals surface area contributed by atoms with Crippen LogP contribution in [0.2, 0.25) is 0 Å². The van der Waals surface area contributed by atoms with Gasteiger partial charge in [-0.1, -0.05) is 32.0 Å². The number of aromatic amines is 1. The van der Waals surface area contributed by atoms with E-state index in [2.05, 4.69) is 15.6 Å². The largest absolute Gasteiger partial charge is 0.361 e. The number of nitrogens with one attached hydrogen (secondary N) is 3. The highest BCUT2D eigenvalue weighted by Crippen LogP contribution is 2.42. The molecule has 1 heterocycles. The van der Waals surface area contributed by atoms with Crippen LogP contribution in [-0.2, 0) is 20.6 Å². The number of rotatable bonds is 10. The molecule has 0 spiro atoms. The number of carbonyl (C=O) groups is 2. The Hall–Kier alpha value is -2.19. The first-order valence-electron chi connectivity index (χ1n) is 9.51. The third kappa shape index (κ3) is 6.68. The van der Waals surface area contributed by atoms with E-state index in [9.17, 15) is 23.9 Å². The number of hydrogen-bond acceptors (Lipinski definition) is 4. The molecule has 1 aromatic carbocycles. The Bertz CT molecular complexity index is 892. The molecule has 9 nitrogen and oxygen atoms in total. The summed E-state index contributed by atoms with van der Waals surface area (Å²) in [5.41, 5.74) is 6.89. The highest BCUT2D eigenvalue weighted by Gasteiger charge is 2.33. The van der Waals surface area contributed by atoms with E-state index in [0.717, 1.165) is 10.9 Å². The van der Waals surface area contributed by atoms with Crippen LogP contribution in [0.15, 0.2) is 30.5 Å². The van der Waals surface area contributed by atoms with Crippen molar-refractivity contribution >= 4 is 30.3 Å². The van der Waals surface area contributed by atoms with E-state index in [0.29, 0.717) is 12.0 Å². The van der Waals surface area contributed by atoms with Crippen LogP contribution in [-0.4, -0.2) is 45.0 Å². The Kier molecular flexibility index (Phi) is 7.98. The molecule has 0 aliphatic rings. The molecule has 10 heteroatoms. The van der Waals surface area contributed by atoms with Gasteiger partial charge in [-0.3, -0.25) is 14.2 Å². The smallest absolute Gasteiger partial charge is 0.347 e. The van der Waals surface area contributed by atoms with Gasteiger partial charge < -0.3 is 31.1 Å². The summed E-state index contributed by atoms with van der Waals surface area (Å²) in [6, 6.07) is 6.48. The normalized spacial score (nSPS) is 14.0. The Morgan fingerprint density at radius 2 is 1.90 bits per heavy atom. The third-order valence-corrected chi connectivity index (χ3v) is 5.66. The maximum absolute atomic E-state index is 12.8. The molecule has 0 aliphatic carbocycles. The number of aromatic nitrogens is 1. The molecule has 2 atom stereocenters. The molecular weight excluding hydrogens is 395 g/mol. The number of benzene rings is 1. The van der Waals surface area contributed by atoms with Gasteiger partial charge in [0.15, 0.2) is 0 Å². The van der Waals surface area contributed by atoms with E-state index in [1.165, 1.54) is 0 Å². The van der Waals surface area contributed by atoms with Gasteiger partial charge in [0.25, 0.3) is 0 Å². The quantitative estimate of drug-likeness (QED) is 0.315. The van der Waals surface area contributed by atoms with Crippen molar-refractivity contribution in [3.05, 3.63) is 36.0 Å². The summed E-state index contributed by atoms with van der Waals surface area (Å²) in [6.45, 7) is 3.93. The van der Waals surface area contributed by atoms with Crippen LogP contribution in [0.1, 0.15) is 32.3 Å². The SMILES string of the molecule is CC(C)C[C@H](NC(=O)CCN)C(=O)N[C@@H](Cc1c[nH]c2ccccc12)P(=O)(O)O. The Labute approximate surface area is 169 Å². The summed E-state index contributed by atoms with van der Waals surface area (Å²) < 4.78 is 12.1. The van der Waals surface area contributed by atoms with Crippen molar-refractivity contribution in [3.8, 4) is 0 Å². The van der Waals surface area contributed by atoms with Gasteiger partial charge in [-0.2, -0.15) is 0 Å². The molecule has 7 N–H and O–H groups in total. The number of hydrogen-bond donors (Lipinski definition) is 6. The van der Waals surface area contributed by atoms with Crippen LogP contribution in [0.3, 0.4) is 0 Å². The van der Waals surface area contributed by atoms with Crippen molar-refractivity contribution < 1.29 is 23.9 Å². The van der Waals surface area contributed by atoms with Gasteiger partial charge in [0.1, 0.15) is 11.8 Å². The fourth-order valence-corrected chi connectivity index (χ4v) is 3.86. The van der Waals surface area contributed by atoms with Gasteiger partial charge in [0.05, 0.1) is 0 Å².